The standard InChI is InChI=1S/C39H70O14P2/c1-4-5-26-35(40)27-22-18-14-10-8-6-7-9-11-15-19-23-28-38(42)49-32-37(33-52-55(47,48)51-31-36(41)30-50-54(44,45)46)53-39(43)29-24-20-16-12-13-17-21-25-34(2)3/h6-7,10-11,14-15,22,27,34-37,40-41H,4-5,8-9,12-13,16-21,23-26,28-33H2,1-3H3,(H,47,48)(H2,44,45,46)/b7-6-,14-10-,15-11-,27-22-/t35-,36-,37+/m0/s1. The maximum Gasteiger partial charge on any atom is 0.472 e. The molecule has 0 heterocycles. The van der Waals surface area contributed by atoms with E-state index in [0.29, 0.717) is 25.2 Å². The molecule has 0 radical (unpaired) electrons. The number of carbonyl (C=O) groups is 2. The van der Waals surface area contributed by atoms with Crippen molar-refractivity contribution in [2.24, 2.45) is 5.92 Å². The van der Waals surface area contributed by atoms with Crippen LogP contribution in [0.1, 0.15) is 136 Å². The number of rotatable bonds is 36. The highest BCUT2D eigenvalue weighted by molar-refractivity contribution is 7.47. The van der Waals surface area contributed by atoms with Crippen LogP contribution in [0.2, 0.25) is 0 Å². The summed E-state index contributed by atoms with van der Waals surface area (Å²) in [5, 5.41) is 19.5. The maximum absolute atomic E-state index is 12.6. The fraction of sp³-hybridized carbons (Fsp3) is 0.744. The first-order chi connectivity index (χ1) is 26.1. The van der Waals surface area contributed by atoms with Crippen LogP contribution >= 0.6 is 15.6 Å². The quantitative estimate of drug-likeness (QED) is 0.0174. The lowest BCUT2D eigenvalue weighted by Crippen LogP contribution is -2.30. The van der Waals surface area contributed by atoms with Crippen LogP contribution < -0.4 is 0 Å². The van der Waals surface area contributed by atoms with E-state index in [4.69, 9.17) is 23.8 Å². The molecule has 0 aliphatic heterocycles. The lowest BCUT2D eigenvalue weighted by Gasteiger charge is -2.20. The SMILES string of the molecule is CCCC[C@H](O)/C=C\C/C=C\C/C=C\C/C=C\CCCC(=O)OC[C@H](COP(=O)(O)OC[C@@H](O)COP(=O)(O)O)OC(=O)CCCCCCCCCC(C)C. The van der Waals surface area contributed by atoms with Gasteiger partial charge in [0.2, 0.25) is 0 Å². The second-order valence-corrected chi connectivity index (χ2v) is 16.5. The van der Waals surface area contributed by atoms with Crippen LogP contribution in [0.5, 0.6) is 0 Å². The normalized spacial score (nSPS) is 15.4. The van der Waals surface area contributed by atoms with Gasteiger partial charge in [-0.1, -0.05) is 127 Å². The third-order valence-electron chi connectivity index (χ3n) is 7.96. The maximum atomic E-state index is 12.6. The van der Waals surface area contributed by atoms with E-state index in [-0.39, 0.29) is 18.9 Å². The summed E-state index contributed by atoms with van der Waals surface area (Å²) in [6, 6.07) is 0. The predicted octanol–water partition coefficient (Wildman–Crippen LogP) is 8.33. The Bertz CT molecular complexity index is 1200. The van der Waals surface area contributed by atoms with Crippen molar-refractivity contribution in [1.29, 1.82) is 0 Å². The molecule has 0 rings (SSSR count). The number of aliphatic hydroxyl groups excluding tert-OH is 2. The van der Waals surface area contributed by atoms with Crippen LogP contribution in [-0.2, 0) is 41.8 Å². The molecule has 320 valence electrons. The van der Waals surface area contributed by atoms with Gasteiger partial charge < -0.3 is 34.4 Å². The molecule has 0 aliphatic rings. The molecule has 16 heteroatoms. The number of phosphoric ester groups is 2. The van der Waals surface area contributed by atoms with Crippen LogP contribution in [-0.4, -0.2) is 81.6 Å². The molecule has 0 fully saturated rings. The molecule has 5 N–H and O–H groups in total. The number of hydrogen-bond acceptors (Lipinski definition) is 11. The Morgan fingerprint density at radius 2 is 1.16 bits per heavy atom. The van der Waals surface area contributed by atoms with Gasteiger partial charge in [0, 0.05) is 12.8 Å². The van der Waals surface area contributed by atoms with Crippen molar-refractivity contribution in [3.8, 4) is 0 Å². The minimum Gasteiger partial charge on any atom is -0.462 e. The van der Waals surface area contributed by atoms with Crippen LogP contribution in [0, 0.1) is 5.92 Å². The third-order valence-corrected chi connectivity index (χ3v) is 9.40. The minimum absolute atomic E-state index is 0.101. The van der Waals surface area contributed by atoms with Gasteiger partial charge in [-0.15, -0.1) is 0 Å². The van der Waals surface area contributed by atoms with E-state index in [1.165, 1.54) is 19.3 Å². The highest BCUT2D eigenvalue weighted by Crippen LogP contribution is 2.43. The number of hydrogen-bond donors (Lipinski definition) is 5. The molecule has 0 spiro atoms. The molecule has 0 aromatic rings. The Morgan fingerprint density at radius 3 is 1.78 bits per heavy atom. The molecule has 0 aromatic heterocycles. The average Bonchev–Trinajstić information content (AvgIpc) is 3.12. The molecule has 55 heavy (non-hydrogen) atoms. The van der Waals surface area contributed by atoms with Gasteiger partial charge in [0.05, 0.1) is 25.9 Å². The van der Waals surface area contributed by atoms with Crippen molar-refractivity contribution in [2.45, 2.75) is 155 Å². The first-order valence-electron chi connectivity index (χ1n) is 19.8. The summed E-state index contributed by atoms with van der Waals surface area (Å²) >= 11 is 0. The molecular weight excluding hydrogens is 754 g/mol. The monoisotopic (exact) mass is 824 g/mol. The smallest absolute Gasteiger partial charge is 0.462 e. The average molecular weight is 825 g/mol. The van der Waals surface area contributed by atoms with E-state index in [1.54, 1.807) is 0 Å². The molecule has 0 bridgehead atoms. The first-order valence-corrected chi connectivity index (χ1v) is 22.8. The molecule has 0 aliphatic carbocycles. The van der Waals surface area contributed by atoms with Gasteiger partial charge in [0.15, 0.2) is 6.10 Å². The summed E-state index contributed by atoms with van der Waals surface area (Å²) < 4.78 is 47.5. The number of ether oxygens (including phenoxy) is 2. The zero-order chi connectivity index (χ0) is 41.2. The second-order valence-electron chi connectivity index (χ2n) is 13.9. The van der Waals surface area contributed by atoms with Gasteiger partial charge in [-0.3, -0.25) is 23.2 Å². The van der Waals surface area contributed by atoms with Crippen molar-refractivity contribution in [2.75, 3.05) is 26.4 Å². The Morgan fingerprint density at radius 1 is 0.618 bits per heavy atom. The minimum atomic E-state index is -4.87. The topological polar surface area (TPSA) is 216 Å². The zero-order valence-corrected chi connectivity index (χ0v) is 35.1. The van der Waals surface area contributed by atoms with E-state index in [0.717, 1.165) is 64.2 Å². The van der Waals surface area contributed by atoms with Gasteiger partial charge in [-0.05, 0) is 50.9 Å². The van der Waals surface area contributed by atoms with Crippen LogP contribution in [0.15, 0.2) is 48.6 Å². The van der Waals surface area contributed by atoms with Crippen LogP contribution in [0.4, 0.5) is 0 Å². The van der Waals surface area contributed by atoms with Gasteiger partial charge in [0.1, 0.15) is 12.7 Å². The summed E-state index contributed by atoms with van der Waals surface area (Å²) in [7, 11) is -9.69. The number of allylic oxidation sites excluding steroid dienone is 7. The van der Waals surface area contributed by atoms with Crippen LogP contribution in [0.25, 0.3) is 0 Å². The first kappa shape index (κ1) is 53.0. The molecular formula is C39H70O14P2. The zero-order valence-electron chi connectivity index (χ0n) is 33.3. The highest BCUT2D eigenvalue weighted by atomic mass is 31.2. The van der Waals surface area contributed by atoms with Crippen molar-refractivity contribution in [3.63, 3.8) is 0 Å². The van der Waals surface area contributed by atoms with E-state index in [1.807, 2.05) is 24.3 Å². The van der Waals surface area contributed by atoms with Crippen molar-refractivity contribution in [1.82, 2.24) is 0 Å². The van der Waals surface area contributed by atoms with E-state index < -0.39 is 66.2 Å². The Labute approximate surface area is 329 Å². The Kier molecular flexibility index (Phi) is 32.9. The Hall–Kier alpha value is -1.96. The molecule has 0 saturated heterocycles. The number of phosphoric acid groups is 2. The lowest BCUT2D eigenvalue weighted by molar-refractivity contribution is -0.161. The van der Waals surface area contributed by atoms with Gasteiger partial charge in [-0.25, -0.2) is 9.13 Å². The van der Waals surface area contributed by atoms with Crippen molar-refractivity contribution < 1.29 is 66.7 Å². The number of unbranched alkanes of at least 4 members (excludes halogenated alkanes) is 8. The third kappa shape index (κ3) is 38.7. The molecule has 0 aromatic carbocycles. The van der Waals surface area contributed by atoms with E-state index in [9.17, 15) is 33.8 Å². The lowest BCUT2D eigenvalue weighted by atomic mass is 10.0. The van der Waals surface area contributed by atoms with Gasteiger partial charge >= 0.3 is 27.6 Å². The number of aliphatic hydroxyl groups is 2. The number of esters is 2. The summed E-state index contributed by atoms with van der Waals surface area (Å²) in [6.07, 6.45) is 27.7. The van der Waals surface area contributed by atoms with Gasteiger partial charge in [0.25, 0.3) is 0 Å². The molecule has 1 unspecified atom stereocenters. The second kappa shape index (κ2) is 34.1. The summed E-state index contributed by atoms with van der Waals surface area (Å²) in [5.74, 6) is -0.420. The fourth-order valence-corrected chi connectivity index (χ4v) is 6.05. The summed E-state index contributed by atoms with van der Waals surface area (Å²) in [4.78, 5) is 52.4. The highest BCUT2D eigenvalue weighted by Gasteiger charge is 2.28. The largest absolute Gasteiger partial charge is 0.472 e. The summed E-state index contributed by atoms with van der Waals surface area (Å²) in [5.41, 5.74) is 0. The van der Waals surface area contributed by atoms with Crippen molar-refractivity contribution in [3.05, 3.63) is 48.6 Å². The van der Waals surface area contributed by atoms with Crippen molar-refractivity contribution >= 4 is 27.6 Å². The van der Waals surface area contributed by atoms with E-state index in [2.05, 4.69) is 54.1 Å². The Balaban J connectivity index is 4.66. The predicted molar refractivity (Wildman–Crippen MR) is 213 cm³/mol. The summed E-state index contributed by atoms with van der Waals surface area (Å²) in [6.45, 7) is 3.73. The molecule has 0 saturated carbocycles. The molecule has 0 amide bonds. The molecule has 4 atom stereocenters. The van der Waals surface area contributed by atoms with E-state index >= 15 is 0 Å². The number of carbonyl (C=O) groups excluding carboxylic acids is 2. The van der Waals surface area contributed by atoms with Gasteiger partial charge in [-0.2, -0.15) is 0 Å². The molecule has 14 nitrogen and oxygen atoms in total. The fourth-order valence-electron chi connectivity index (χ4n) is 4.89. The van der Waals surface area contributed by atoms with Crippen LogP contribution in [0.3, 0.4) is 0 Å².